The summed E-state index contributed by atoms with van der Waals surface area (Å²) in [6, 6.07) is 8.18. The average molecular weight is 647 g/mol. The van der Waals surface area contributed by atoms with Crippen LogP contribution in [0.3, 0.4) is 0 Å². The van der Waals surface area contributed by atoms with Crippen molar-refractivity contribution < 1.29 is 42.3 Å². The molecule has 2 aromatic carbocycles. The molecule has 7 nitrogen and oxygen atoms in total. The summed E-state index contributed by atoms with van der Waals surface area (Å²) in [6.45, 7) is 23.0. The summed E-state index contributed by atoms with van der Waals surface area (Å²) >= 11 is 3.20. The van der Waals surface area contributed by atoms with Gasteiger partial charge in [0.25, 0.3) is 0 Å². The molecule has 0 saturated heterocycles. The third-order valence-electron chi connectivity index (χ3n) is 4.03. The maximum atomic E-state index is 13.1. The molecule has 12 heteroatoms. The van der Waals surface area contributed by atoms with Crippen LogP contribution in [0.2, 0.25) is 0 Å². The van der Waals surface area contributed by atoms with Gasteiger partial charge in [-0.2, -0.15) is 0 Å². The summed E-state index contributed by atoms with van der Waals surface area (Å²) in [4.78, 5) is 0. The molecule has 0 radical (unpaired) electrons. The molecule has 41 heavy (non-hydrogen) atoms. The largest absolute Gasteiger partial charge is 0.639 e. The van der Waals surface area contributed by atoms with E-state index in [1.54, 1.807) is 6.07 Å². The van der Waals surface area contributed by atoms with Crippen molar-refractivity contribution in [2.75, 3.05) is 0 Å². The fourth-order valence-corrected chi connectivity index (χ4v) is 3.29. The van der Waals surface area contributed by atoms with Gasteiger partial charge in [-0.3, -0.25) is 0 Å². The molecule has 0 fully saturated rings. The monoisotopic (exact) mass is 646 g/mol. The lowest BCUT2D eigenvalue weighted by atomic mass is 9.80. The van der Waals surface area contributed by atoms with Gasteiger partial charge in [-0.15, -0.1) is 0 Å². The summed E-state index contributed by atoms with van der Waals surface area (Å²) in [5.41, 5.74) is -0.673. The highest BCUT2D eigenvalue weighted by molar-refractivity contribution is 9.10. The first-order valence-electron chi connectivity index (χ1n) is 13.5. The zero-order valence-corrected chi connectivity index (χ0v) is 28.0. The Balaban J connectivity index is 0.000000588. The molecule has 0 aliphatic rings. The number of benzene rings is 2. The second-order valence-corrected chi connectivity index (χ2v) is 12.9. The van der Waals surface area contributed by atoms with Crippen molar-refractivity contribution in [3.63, 3.8) is 0 Å². The second kappa shape index (κ2) is 18.1. The van der Waals surface area contributed by atoms with Crippen LogP contribution in [0.5, 0.6) is 11.5 Å². The van der Waals surface area contributed by atoms with Crippen LogP contribution in [0.1, 0.15) is 83.1 Å². The minimum absolute atomic E-state index is 0.0780. The summed E-state index contributed by atoms with van der Waals surface area (Å²) in [7, 11) is -2.23. The van der Waals surface area contributed by atoms with Gasteiger partial charge in [-0.05, 0) is 113 Å². The van der Waals surface area contributed by atoms with Gasteiger partial charge in [0.05, 0.1) is 0 Å². The van der Waals surface area contributed by atoms with E-state index < -0.39 is 25.9 Å². The van der Waals surface area contributed by atoms with Crippen LogP contribution in [-0.4, -0.2) is 54.0 Å². The second-order valence-electron chi connectivity index (χ2n) is 12.0. The fraction of sp³-hybridized carbons (Fsp3) is 0.586. The molecule has 0 unspecified atom stereocenters. The van der Waals surface area contributed by atoms with Crippen molar-refractivity contribution >= 4 is 35.8 Å². The van der Waals surface area contributed by atoms with Gasteiger partial charge in [0.15, 0.2) is 0 Å². The molecule has 0 heterocycles. The van der Waals surface area contributed by atoms with Gasteiger partial charge < -0.3 is 33.5 Å². The Morgan fingerprint density at radius 3 is 1.32 bits per heavy atom. The summed E-state index contributed by atoms with van der Waals surface area (Å²) in [6.07, 6.45) is 0.340. The van der Waals surface area contributed by atoms with Gasteiger partial charge in [-0.25, -0.2) is 8.78 Å². The quantitative estimate of drug-likeness (QED) is 0.294. The van der Waals surface area contributed by atoms with Gasteiger partial charge in [-0.1, -0.05) is 15.9 Å². The van der Waals surface area contributed by atoms with E-state index in [1.807, 2.05) is 83.1 Å². The summed E-state index contributed by atoms with van der Waals surface area (Å²) in [5.74, 6) is -0.0292. The highest BCUT2D eigenvalue weighted by atomic mass is 79.9. The summed E-state index contributed by atoms with van der Waals surface area (Å²) in [5, 5.41) is 17.8. The van der Waals surface area contributed by atoms with Gasteiger partial charge in [0.2, 0.25) is 0 Å². The topological polar surface area (TPSA) is 86.6 Å². The van der Waals surface area contributed by atoms with Crippen molar-refractivity contribution in [3.8, 4) is 11.5 Å². The maximum Gasteiger partial charge on any atom is 0.639 e. The number of halogens is 3. The minimum Gasteiger partial charge on any atom is -0.488 e. The van der Waals surface area contributed by atoms with E-state index in [-0.39, 0.29) is 40.9 Å². The Kier molecular flexibility index (Phi) is 17.3. The van der Waals surface area contributed by atoms with Crippen LogP contribution >= 0.6 is 15.9 Å². The number of hydrogen-bond acceptors (Lipinski definition) is 7. The van der Waals surface area contributed by atoms with E-state index in [2.05, 4.69) is 15.9 Å². The Bertz CT molecular complexity index is 983. The van der Waals surface area contributed by atoms with Gasteiger partial charge in [0.1, 0.15) is 34.3 Å². The minimum atomic E-state index is -1.69. The SMILES string of the molecule is CC(C)(C)Oc1cc(F)cc(B(O)O)c1.CC(C)(C)Oc1cc(F)cc(Br)c1.CC(C)OB(OC(C)C)OC(C)C. The molecule has 0 amide bonds. The molecule has 0 aliphatic carbocycles. The van der Waals surface area contributed by atoms with E-state index in [4.69, 9.17) is 33.5 Å². The van der Waals surface area contributed by atoms with Crippen LogP contribution < -0.4 is 14.9 Å². The molecule has 232 valence electrons. The first-order valence-corrected chi connectivity index (χ1v) is 14.3. The molecule has 0 aromatic heterocycles. The Labute approximate surface area is 254 Å². The zero-order chi connectivity index (χ0) is 32.1. The Hall–Kier alpha value is -1.69. The van der Waals surface area contributed by atoms with Crippen LogP contribution in [0.25, 0.3) is 0 Å². The molecular formula is C29H47B2BrF2O7. The van der Waals surface area contributed by atoms with Crippen LogP contribution in [0.4, 0.5) is 8.78 Å². The highest BCUT2D eigenvalue weighted by Gasteiger charge is 2.25. The van der Waals surface area contributed by atoms with E-state index in [1.165, 1.54) is 24.3 Å². The number of ether oxygens (including phenoxy) is 2. The number of hydrogen-bond donors (Lipinski definition) is 2. The molecule has 0 bridgehead atoms. The van der Waals surface area contributed by atoms with Crippen LogP contribution in [-0.2, 0) is 14.0 Å². The third kappa shape index (κ3) is 21.6. The average Bonchev–Trinajstić information content (AvgIpc) is 2.69. The predicted molar refractivity (Wildman–Crippen MR) is 166 cm³/mol. The predicted octanol–water partition coefficient (Wildman–Crippen LogP) is 6.69. The van der Waals surface area contributed by atoms with Crippen molar-refractivity contribution in [3.05, 3.63) is 52.5 Å². The van der Waals surface area contributed by atoms with Crippen LogP contribution in [0, 0.1) is 11.6 Å². The third-order valence-corrected chi connectivity index (χ3v) is 4.48. The highest BCUT2D eigenvalue weighted by Crippen LogP contribution is 2.24. The van der Waals surface area contributed by atoms with Gasteiger partial charge in [0, 0.05) is 34.9 Å². The lowest BCUT2D eigenvalue weighted by Gasteiger charge is -2.21. The van der Waals surface area contributed by atoms with Crippen LogP contribution in [0.15, 0.2) is 40.9 Å². The molecule has 2 N–H and O–H groups in total. The van der Waals surface area contributed by atoms with E-state index >= 15 is 0 Å². The molecule has 0 atom stereocenters. The summed E-state index contributed by atoms with van der Waals surface area (Å²) < 4.78 is 53.8. The van der Waals surface area contributed by atoms with E-state index in [9.17, 15) is 8.78 Å². The first kappa shape index (κ1) is 39.3. The van der Waals surface area contributed by atoms with Crippen molar-refractivity contribution in [1.82, 2.24) is 0 Å². The van der Waals surface area contributed by atoms with Crippen molar-refractivity contribution in [2.24, 2.45) is 0 Å². The zero-order valence-electron chi connectivity index (χ0n) is 26.4. The normalized spacial score (nSPS) is 11.5. The van der Waals surface area contributed by atoms with Gasteiger partial charge >= 0.3 is 14.4 Å². The lowest BCUT2D eigenvalue weighted by molar-refractivity contribution is 0.0335. The maximum absolute atomic E-state index is 13.1. The molecular weight excluding hydrogens is 600 g/mol. The molecule has 0 spiro atoms. The Morgan fingerprint density at radius 1 is 0.634 bits per heavy atom. The molecule has 0 saturated carbocycles. The van der Waals surface area contributed by atoms with Crippen molar-refractivity contribution in [2.45, 2.75) is 113 Å². The molecule has 2 aromatic rings. The number of rotatable bonds is 9. The van der Waals surface area contributed by atoms with E-state index in [0.717, 1.165) is 6.07 Å². The van der Waals surface area contributed by atoms with E-state index in [0.29, 0.717) is 10.2 Å². The molecule has 0 aliphatic heterocycles. The first-order chi connectivity index (χ1) is 18.6. The molecule has 2 rings (SSSR count). The lowest BCUT2D eigenvalue weighted by Crippen LogP contribution is -2.34. The standard InChI is InChI=1S/C10H14BFO3.C10H12BrFO.C9H21BO3/c1-10(2,3)15-9-5-7(11(13)14)4-8(12)6-9;1-10(2,3)13-9-5-7(11)4-8(12)6-9;1-7(2)11-10(12-8(3)4)13-9(5)6/h4-6,13-14H,1-3H3;4-6H,1-3H3;7-9H,1-6H3. The Morgan fingerprint density at radius 2 is 1.00 bits per heavy atom. The van der Waals surface area contributed by atoms with Crippen molar-refractivity contribution in [1.29, 1.82) is 0 Å². The fourth-order valence-electron chi connectivity index (χ4n) is 2.85. The smallest absolute Gasteiger partial charge is 0.488 e.